The summed E-state index contributed by atoms with van der Waals surface area (Å²) in [5, 5.41) is 2.56. The molecule has 0 radical (unpaired) electrons. The quantitative estimate of drug-likeness (QED) is 0.667. The highest BCUT2D eigenvalue weighted by atomic mass is 16.5. The second-order valence-electron chi connectivity index (χ2n) is 4.00. The van der Waals surface area contributed by atoms with Crippen molar-refractivity contribution in [2.45, 2.75) is 13.0 Å². The predicted octanol–water partition coefficient (Wildman–Crippen LogP) is 2.12. The Morgan fingerprint density at radius 1 is 1.16 bits per heavy atom. The molecule has 19 heavy (non-hydrogen) atoms. The van der Waals surface area contributed by atoms with Gasteiger partial charge in [0.05, 0.1) is 25.8 Å². The Labute approximate surface area is 112 Å². The molecule has 0 aliphatic carbocycles. The number of hydrogen-bond donors (Lipinski definition) is 1. The molecule has 1 aromatic carbocycles. The summed E-state index contributed by atoms with van der Waals surface area (Å²) in [6.45, 7) is 5.61. The molecule has 0 aliphatic heterocycles. The summed E-state index contributed by atoms with van der Waals surface area (Å²) in [5.41, 5.74) is 1.94. The molecule has 1 unspecified atom stereocenters. The molecular weight excluding hydrogens is 246 g/mol. The van der Waals surface area contributed by atoms with Crippen molar-refractivity contribution in [2.24, 2.45) is 0 Å². The average molecular weight is 263 g/mol. The molecule has 0 bridgehead atoms. The molecular formula is C14H17NO4. The first-order valence-corrected chi connectivity index (χ1v) is 5.67. The van der Waals surface area contributed by atoms with Crippen LogP contribution in [0.15, 0.2) is 36.4 Å². The van der Waals surface area contributed by atoms with Crippen LogP contribution in [0.3, 0.4) is 0 Å². The van der Waals surface area contributed by atoms with Gasteiger partial charge in [0.2, 0.25) is 0 Å². The fourth-order valence-corrected chi connectivity index (χ4v) is 1.56. The first-order chi connectivity index (χ1) is 8.99. The molecule has 1 amide bonds. The first kappa shape index (κ1) is 14.8. The Morgan fingerprint density at radius 2 is 1.74 bits per heavy atom. The zero-order chi connectivity index (χ0) is 14.4. The van der Waals surface area contributed by atoms with E-state index in [0.29, 0.717) is 0 Å². The number of esters is 1. The molecule has 5 nitrogen and oxygen atoms in total. The molecule has 1 atom stereocenters. The zero-order valence-electron chi connectivity index (χ0n) is 11.2. The Kier molecular flexibility index (Phi) is 5.11. The number of ether oxygens (including phenoxy) is 2. The van der Waals surface area contributed by atoms with Gasteiger partial charge < -0.3 is 14.8 Å². The van der Waals surface area contributed by atoms with Crippen LogP contribution >= 0.6 is 0 Å². The van der Waals surface area contributed by atoms with Crippen molar-refractivity contribution in [2.75, 3.05) is 14.2 Å². The largest absolute Gasteiger partial charge is 0.466 e. The first-order valence-electron chi connectivity index (χ1n) is 5.67. The van der Waals surface area contributed by atoms with Crippen LogP contribution in [0, 0.1) is 6.92 Å². The van der Waals surface area contributed by atoms with Crippen molar-refractivity contribution >= 4 is 12.1 Å². The van der Waals surface area contributed by atoms with Gasteiger partial charge in [0.15, 0.2) is 0 Å². The Hall–Kier alpha value is -2.30. The number of carbonyl (C=O) groups excluding carboxylic acids is 2. The molecule has 1 N–H and O–H groups in total. The Morgan fingerprint density at radius 3 is 2.21 bits per heavy atom. The topological polar surface area (TPSA) is 64.6 Å². The van der Waals surface area contributed by atoms with Crippen molar-refractivity contribution in [3.63, 3.8) is 0 Å². The van der Waals surface area contributed by atoms with Crippen molar-refractivity contribution in [1.82, 2.24) is 5.32 Å². The van der Waals surface area contributed by atoms with Gasteiger partial charge in [0.25, 0.3) is 0 Å². The Bertz CT molecular complexity index is 479. The summed E-state index contributed by atoms with van der Waals surface area (Å²) in [6, 6.07) is 6.70. The summed E-state index contributed by atoms with van der Waals surface area (Å²) in [7, 11) is 2.51. The summed E-state index contributed by atoms with van der Waals surface area (Å²) in [6.07, 6.45) is -0.643. The van der Waals surface area contributed by atoms with E-state index in [4.69, 9.17) is 0 Å². The second-order valence-corrected chi connectivity index (χ2v) is 4.00. The van der Waals surface area contributed by atoms with Crippen LogP contribution in [0.5, 0.6) is 0 Å². The maximum absolute atomic E-state index is 11.5. The van der Waals surface area contributed by atoms with E-state index in [1.54, 1.807) is 0 Å². The van der Waals surface area contributed by atoms with E-state index in [9.17, 15) is 9.59 Å². The monoisotopic (exact) mass is 263 g/mol. The van der Waals surface area contributed by atoms with Crippen LogP contribution in [-0.4, -0.2) is 26.3 Å². The van der Waals surface area contributed by atoms with Crippen LogP contribution in [0.2, 0.25) is 0 Å². The molecule has 1 aromatic rings. The lowest BCUT2D eigenvalue weighted by Crippen LogP contribution is -2.31. The number of methoxy groups -OCH3 is 2. The van der Waals surface area contributed by atoms with Gasteiger partial charge in [-0.05, 0) is 12.5 Å². The summed E-state index contributed by atoms with van der Waals surface area (Å²) < 4.78 is 9.17. The van der Waals surface area contributed by atoms with Crippen LogP contribution in [0.4, 0.5) is 4.79 Å². The van der Waals surface area contributed by atoms with Crippen molar-refractivity contribution in [3.8, 4) is 0 Å². The predicted molar refractivity (Wildman–Crippen MR) is 70.6 cm³/mol. The van der Waals surface area contributed by atoms with Crippen LogP contribution in [0.1, 0.15) is 17.2 Å². The number of benzene rings is 1. The van der Waals surface area contributed by atoms with Crippen LogP contribution in [-0.2, 0) is 14.3 Å². The minimum Gasteiger partial charge on any atom is -0.466 e. The van der Waals surface area contributed by atoms with Crippen LogP contribution < -0.4 is 5.32 Å². The third kappa shape index (κ3) is 3.84. The highest BCUT2D eigenvalue weighted by Gasteiger charge is 2.23. The molecule has 0 aromatic heterocycles. The molecule has 0 heterocycles. The average Bonchev–Trinajstić information content (AvgIpc) is 2.43. The lowest BCUT2D eigenvalue weighted by atomic mass is 9.99. The van der Waals surface area contributed by atoms with E-state index in [-0.39, 0.29) is 5.57 Å². The van der Waals surface area contributed by atoms with Crippen molar-refractivity contribution < 1.29 is 19.1 Å². The van der Waals surface area contributed by atoms with Gasteiger partial charge in [-0.1, -0.05) is 36.4 Å². The van der Waals surface area contributed by atoms with E-state index >= 15 is 0 Å². The molecule has 1 rings (SSSR count). The summed E-state index contributed by atoms with van der Waals surface area (Å²) in [4.78, 5) is 22.9. The third-order valence-electron chi connectivity index (χ3n) is 2.65. The fourth-order valence-electron chi connectivity index (χ4n) is 1.56. The highest BCUT2D eigenvalue weighted by molar-refractivity contribution is 5.90. The van der Waals surface area contributed by atoms with E-state index < -0.39 is 18.1 Å². The lowest BCUT2D eigenvalue weighted by molar-refractivity contribution is -0.136. The molecule has 0 saturated heterocycles. The number of hydrogen-bond acceptors (Lipinski definition) is 4. The van der Waals surface area contributed by atoms with Gasteiger partial charge in [0, 0.05) is 0 Å². The van der Waals surface area contributed by atoms with Crippen molar-refractivity contribution in [1.29, 1.82) is 0 Å². The van der Waals surface area contributed by atoms with E-state index in [0.717, 1.165) is 11.1 Å². The molecule has 102 valence electrons. The highest BCUT2D eigenvalue weighted by Crippen LogP contribution is 2.22. The fraction of sp³-hybridized carbons (Fsp3) is 0.286. The van der Waals surface area contributed by atoms with Gasteiger partial charge in [-0.3, -0.25) is 0 Å². The lowest BCUT2D eigenvalue weighted by Gasteiger charge is -2.19. The SMILES string of the molecule is C=C(C(=O)OC)C(NC(=O)OC)c1ccc(C)cc1. The smallest absolute Gasteiger partial charge is 0.407 e. The second kappa shape index (κ2) is 6.58. The van der Waals surface area contributed by atoms with Gasteiger partial charge in [0.1, 0.15) is 0 Å². The summed E-state index contributed by atoms with van der Waals surface area (Å²) in [5.74, 6) is -0.582. The maximum atomic E-state index is 11.5. The van der Waals surface area contributed by atoms with Crippen LogP contribution in [0.25, 0.3) is 0 Å². The molecule has 5 heteroatoms. The molecule has 0 saturated carbocycles. The minimum absolute atomic E-state index is 0.136. The molecule has 0 spiro atoms. The van der Waals surface area contributed by atoms with Crippen molar-refractivity contribution in [3.05, 3.63) is 47.5 Å². The number of rotatable bonds is 4. The normalized spacial score (nSPS) is 11.3. The zero-order valence-corrected chi connectivity index (χ0v) is 11.2. The number of aryl methyl sites for hydroxylation is 1. The number of alkyl carbamates (subject to hydrolysis) is 1. The molecule has 0 fully saturated rings. The standard InChI is InChI=1S/C14H17NO4/c1-9-5-7-11(8-6-9)12(15-14(17)19-4)10(2)13(16)18-3/h5-8,12H,2H2,1,3-4H3,(H,15,17). The summed E-state index contributed by atoms with van der Waals surface area (Å²) >= 11 is 0. The number of nitrogens with one attached hydrogen (secondary N) is 1. The van der Waals surface area contributed by atoms with Gasteiger partial charge in [-0.15, -0.1) is 0 Å². The van der Waals surface area contributed by atoms with Gasteiger partial charge >= 0.3 is 12.1 Å². The van der Waals surface area contributed by atoms with E-state index in [2.05, 4.69) is 21.4 Å². The maximum Gasteiger partial charge on any atom is 0.407 e. The number of amides is 1. The minimum atomic E-state index is -0.680. The van der Waals surface area contributed by atoms with Gasteiger partial charge in [-0.2, -0.15) is 0 Å². The van der Waals surface area contributed by atoms with Gasteiger partial charge in [-0.25, -0.2) is 9.59 Å². The Balaban J connectivity index is 3.04. The van der Waals surface area contributed by atoms with E-state index in [1.807, 2.05) is 31.2 Å². The van der Waals surface area contributed by atoms with E-state index in [1.165, 1.54) is 14.2 Å². The third-order valence-corrected chi connectivity index (χ3v) is 2.65. The molecule has 0 aliphatic rings. The number of carbonyl (C=O) groups is 2.